The molecule has 6 heteroatoms. The first-order chi connectivity index (χ1) is 12.2. The van der Waals surface area contributed by atoms with Gasteiger partial charge in [0.25, 0.3) is 0 Å². The molecule has 25 heavy (non-hydrogen) atoms. The predicted octanol–water partition coefficient (Wildman–Crippen LogP) is 3.53. The van der Waals surface area contributed by atoms with Crippen LogP contribution in [0.15, 0.2) is 42.5 Å². The second-order valence-electron chi connectivity index (χ2n) is 5.36. The van der Waals surface area contributed by atoms with E-state index in [2.05, 4.69) is 0 Å². The van der Waals surface area contributed by atoms with Gasteiger partial charge in [0.05, 0.1) is 7.11 Å². The average molecular weight is 342 g/mol. The number of rotatable bonds is 6. The minimum atomic E-state index is -0.327. The SMILES string of the molecule is COc1cc(C=CCCC(=O)Oc2ccc3c(c2)OCO3)ccc1O. The lowest BCUT2D eigenvalue weighted by Gasteiger charge is -2.04. The van der Waals surface area contributed by atoms with Crippen molar-refractivity contribution >= 4 is 12.0 Å². The number of methoxy groups -OCH3 is 1. The Morgan fingerprint density at radius 3 is 2.88 bits per heavy atom. The molecule has 0 fully saturated rings. The quantitative estimate of drug-likeness (QED) is 0.639. The molecule has 1 aliphatic heterocycles. The van der Waals surface area contributed by atoms with Gasteiger partial charge in [-0.15, -0.1) is 0 Å². The van der Waals surface area contributed by atoms with Crippen molar-refractivity contribution in [3.8, 4) is 28.7 Å². The fourth-order valence-electron chi connectivity index (χ4n) is 2.34. The highest BCUT2D eigenvalue weighted by Crippen LogP contribution is 2.35. The molecule has 0 unspecified atom stereocenters. The third kappa shape index (κ3) is 4.23. The van der Waals surface area contributed by atoms with E-state index in [9.17, 15) is 9.90 Å². The number of benzene rings is 2. The molecule has 0 radical (unpaired) electrons. The van der Waals surface area contributed by atoms with Crippen LogP contribution in [0.5, 0.6) is 28.7 Å². The van der Waals surface area contributed by atoms with Crippen molar-refractivity contribution in [3.63, 3.8) is 0 Å². The average Bonchev–Trinajstić information content (AvgIpc) is 3.07. The molecule has 1 aliphatic rings. The molecule has 0 aliphatic carbocycles. The fraction of sp³-hybridized carbons (Fsp3) is 0.211. The Balaban J connectivity index is 1.49. The maximum absolute atomic E-state index is 11.9. The summed E-state index contributed by atoms with van der Waals surface area (Å²) in [5.74, 6) is 1.82. The highest BCUT2D eigenvalue weighted by molar-refractivity contribution is 5.73. The predicted molar refractivity (Wildman–Crippen MR) is 91.1 cm³/mol. The Labute approximate surface area is 145 Å². The van der Waals surface area contributed by atoms with Crippen molar-refractivity contribution in [3.05, 3.63) is 48.0 Å². The molecule has 1 heterocycles. The van der Waals surface area contributed by atoms with Crippen molar-refractivity contribution in [2.45, 2.75) is 12.8 Å². The number of allylic oxidation sites excluding steroid dienone is 1. The molecule has 130 valence electrons. The lowest BCUT2D eigenvalue weighted by Crippen LogP contribution is -2.06. The summed E-state index contributed by atoms with van der Waals surface area (Å²) in [6.45, 7) is 0.180. The minimum Gasteiger partial charge on any atom is -0.504 e. The molecule has 0 bridgehead atoms. The minimum absolute atomic E-state index is 0.0898. The second kappa shape index (κ2) is 7.61. The standard InChI is InChI=1S/C19H18O6/c1-22-17-10-13(6-8-15(17)20)4-2-3-5-19(21)25-14-7-9-16-18(11-14)24-12-23-16/h2,4,6-11,20H,3,5,12H2,1H3. The van der Waals surface area contributed by atoms with Gasteiger partial charge in [-0.2, -0.15) is 0 Å². The molecule has 3 rings (SSSR count). The molecule has 0 spiro atoms. The van der Waals surface area contributed by atoms with Gasteiger partial charge in [0.1, 0.15) is 5.75 Å². The Morgan fingerprint density at radius 1 is 1.20 bits per heavy atom. The van der Waals surface area contributed by atoms with E-state index in [0.717, 1.165) is 5.56 Å². The zero-order valence-electron chi connectivity index (χ0n) is 13.7. The summed E-state index contributed by atoms with van der Waals surface area (Å²) in [6, 6.07) is 10.1. The third-order valence-electron chi connectivity index (χ3n) is 3.60. The number of phenols is 1. The summed E-state index contributed by atoms with van der Waals surface area (Å²) in [5.41, 5.74) is 0.874. The number of hydrogen-bond acceptors (Lipinski definition) is 6. The van der Waals surface area contributed by atoms with Gasteiger partial charge in [-0.25, -0.2) is 0 Å². The van der Waals surface area contributed by atoms with Crippen molar-refractivity contribution in [2.75, 3.05) is 13.9 Å². The van der Waals surface area contributed by atoms with E-state index in [1.165, 1.54) is 7.11 Å². The zero-order chi connectivity index (χ0) is 17.6. The van der Waals surface area contributed by atoms with Crippen molar-refractivity contribution < 1.29 is 28.8 Å². The number of hydrogen-bond donors (Lipinski definition) is 1. The molecular formula is C19H18O6. The first kappa shape index (κ1) is 16.7. The molecule has 6 nitrogen and oxygen atoms in total. The van der Waals surface area contributed by atoms with E-state index in [1.807, 2.05) is 12.2 Å². The summed E-state index contributed by atoms with van der Waals surface area (Å²) in [7, 11) is 1.49. The van der Waals surface area contributed by atoms with E-state index < -0.39 is 0 Å². The highest BCUT2D eigenvalue weighted by atomic mass is 16.7. The molecule has 0 saturated carbocycles. The monoisotopic (exact) mass is 342 g/mol. The van der Waals surface area contributed by atoms with Gasteiger partial charge in [-0.05, 0) is 36.2 Å². The largest absolute Gasteiger partial charge is 0.504 e. The molecule has 0 aromatic heterocycles. The van der Waals surface area contributed by atoms with Gasteiger partial charge >= 0.3 is 5.97 Å². The van der Waals surface area contributed by atoms with Crippen LogP contribution >= 0.6 is 0 Å². The number of ether oxygens (including phenoxy) is 4. The summed E-state index contributed by atoms with van der Waals surface area (Å²) >= 11 is 0. The van der Waals surface area contributed by atoms with Gasteiger partial charge in [0.15, 0.2) is 23.0 Å². The van der Waals surface area contributed by atoms with Gasteiger partial charge in [-0.1, -0.05) is 18.2 Å². The first-order valence-corrected chi connectivity index (χ1v) is 7.79. The summed E-state index contributed by atoms with van der Waals surface area (Å²) < 4.78 is 20.8. The lowest BCUT2D eigenvalue weighted by atomic mass is 10.1. The highest BCUT2D eigenvalue weighted by Gasteiger charge is 2.14. The van der Waals surface area contributed by atoms with Crippen LogP contribution in [-0.2, 0) is 4.79 Å². The Hall–Kier alpha value is -3.15. The van der Waals surface area contributed by atoms with Crippen LogP contribution in [0.25, 0.3) is 6.08 Å². The first-order valence-electron chi connectivity index (χ1n) is 7.79. The molecule has 2 aromatic carbocycles. The van der Waals surface area contributed by atoms with Gasteiger partial charge in [0.2, 0.25) is 6.79 Å². The van der Waals surface area contributed by atoms with E-state index in [-0.39, 0.29) is 24.9 Å². The number of phenolic OH excluding ortho intramolecular Hbond substituents is 1. The fourth-order valence-corrected chi connectivity index (χ4v) is 2.34. The Kier molecular flexibility index (Phi) is 5.09. The molecule has 0 amide bonds. The van der Waals surface area contributed by atoms with Crippen LogP contribution in [0, 0.1) is 0 Å². The third-order valence-corrected chi connectivity index (χ3v) is 3.60. The van der Waals surface area contributed by atoms with Gasteiger partial charge in [0, 0.05) is 12.5 Å². The number of carbonyl (C=O) groups excluding carboxylic acids is 1. The number of carbonyl (C=O) groups is 1. The molecule has 0 saturated heterocycles. The van der Waals surface area contributed by atoms with Crippen molar-refractivity contribution in [1.29, 1.82) is 0 Å². The van der Waals surface area contributed by atoms with Crippen LogP contribution in [0.2, 0.25) is 0 Å². The number of fused-ring (bicyclic) bond motifs is 1. The zero-order valence-corrected chi connectivity index (χ0v) is 13.7. The van der Waals surface area contributed by atoms with E-state index >= 15 is 0 Å². The molecule has 1 N–H and O–H groups in total. The van der Waals surface area contributed by atoms with Crippen LogP contribution < -0.4 is 18.9 Å². The van der Waals surface area contributed by atoms with E-state index in [0.29, 0.717) is 29.4 Å². The van der Waals surface area contributed by atoms with Crippen LogP contribution in [-0.4, -0.2) is 25.0 Å². The number of esters is 1. The second-order valence-corrected chi connectivity index (χ2v) is 5.36. The van der Waals surface area contributed by atoms with Gasteiger partial charge < -0.3 is 24.1 Å². The van der Waals surface area contributed by atoms with E-state index in [1.54, 1.807) is 36.4 Å². The Morgan fingerprint density at radius 2 is 2.04 bits per heavy atom. The van der Waals surface area contributed by atoms with E-state index in [4.69, 9.17) is 18.9 Å². The molecular weight excluding hydrogens is 324 g/mol. The van der Waals surface area contributed by atoms with Crippen molar-refractivity contribution in [1.82, 2.24) is 0 Å². The lowest BCUT2D eigenvalue weighted by molar-refractivity contribution is -0.134. The van der Waals surface area contributed by atoms with Crippen molar-refractivity contribution in [2.24, 2.45) is 0 Å². The molecule has 2 aromatic rings. The molecule has 0 atom stereocenters. The maximum atomic E-state index is 11.9. The van der Waals surface area contributed by atoms with Crippen LogP contribution in [0.3, 0.4) is 0 Å². The number of aromatic hydroxyl groups is 1. The van der Waals surface area contributed by atoms with Crippen LogP contribution in [0.4, 0.5) is 0 Å². The summed E-state index contributed by atoms with van der Waals surface area (Å²) in [5, 5.41) is 9.55. The maximum Gasteiger partial charge on any atom is 0.311 e. The Bertz CT molecular complexity index is 796. The summed E-state index contributed by atoms with van der Waals surface area (Å²) in [6.07, 6.45) is 4.51. The topological polar surface area (TPSA) is 74.2 Å². The summed E-state index contributed by atoms with van der Waals surface area (Å²) in [4.78, 5) is 11.9. The normalized spacial score (nSPS) is 12.4. The van der Waals surface area contributed by atoms with Gasteiger partial charge in [-0.3, -0.25) is 4.79 Å². The smallest absolute Gasteiger partial charge is 0.311 e. The van der Waals surface area contributed by atoms with Crippen LogP contribution in [0.1, 0.15) is 18.4 Å².